The molecular weight excluding hydrogens is 486 g/mol. The first kappa shape index (κ1) is 21.3. The number of hydrogen-bond donors (Lipinski definition) is 1. The monoisotopic (exact) mass is 499 g/mol. The van der Waals surface area contributed by atoms with Crippen molar-refractivity contribution in [3.05, 3.63) is 76.2 Å². The minimum atomic E-state index is -3.99. The summed E-state index contributed by atoms with van der Waals surface area (Å²) < 4.78 is 36.9. The number of halogens is 1. The molecule has 2 aromatic heterocycles. The van der Waals surface area contributed by atoms with E-state index < -0.39 is 10.0 Å². The van der Waals surface area contributed by atoms with Crippen LogP contribution in [0.4, 0.5) is 5.69 Å². The molecule has 3 aromatic carbocycles. The Hall–Kier alpha value is -3.54. The number of hydrogen-bond acceptors (Lipinski definition) is 8. The van der Waals surface area contributed by atoms with Gasteiger partial charge in [0.25, 0.3) is 10.0 Å². The summed E-state index contributed by atoms with van der Waals surface area (Å²) in [5.74, 6) is 0.398. The lowest BCUT2D eigenvalue weighted by atomic mass is 10.2. The van der Waals surface area contributed by atoms with Crippen molar-refractivity contribution in [3.8, 4) is 11.4 Å². The van der Waals surface area contributed by atoms with E-state index in [0.29, 0.717) is 27.2 Å². The molecule has 12 heteroatoms. The van der Waals surface area contributed by atoms with Crippen LogP contribution in [-0.2, 0) is 10.0 Å². The van der Waals surface area contributed by atoms with E-state index in [0.717, 1.165) is 9.40 Å². The first-order valence-electron chi connectivity index (χ1n) is 9.46. The van der Waals surface area contributed by atoms with E-state index in [4.69, 9.17) is 16.3 Å². The number of rotatable bonds is 5. The average Bonchev–Trinajstić information content (AvgIpc) is 3.34. The molecule has 166 valence electrons. The molecule has 0 spiro atoms. The predicted octanol–water partition coefficient (Wildman–Crippen LogP) is 3.85. The SMILES string of the molecule is COc1ccc(S(=O)(=O)Nc2ccc3sc4ccc(Cl)cc4c(=O)c3c2)cc1-n1cnnn1. The van der Waals surface area contributed by atoms with Gasteiger partial charge in [0.2, 0.25) is 0 Å². The van der Waals surface area contributed by atoms with Crippen molar-refractivity contribution >= 4 is 58.8 Å². The van der Waals surface area contributed by atoms with Crippen LogP contribution in [0.1, 0.15) is 0 Å². The molecule has 0 atom stereocenters. The number of anilines is 1. The van der Waals surface area contributed by atoms with Crippen LogP contribution in [-0.4, -0.2) is 35.7 Å². The third-order valence-corrected chi connectivity index (χ3v) is 7.70. The molecule has 5 aromatic rings. The van der Waals surface area contributed by atoms with Crippen LogP contribution in [0.15, 0.2) is 70.6 Å². The number of nitrogens with one attached hydrogen (secondary N) is 1. The Morgan fingerprint density at radius 3 is 2.52 bits per heavy atom. The third kappa shape index (κ3) is 3.90. The molecule has 9 nitrogen and oxygen atoms in total. The van der Waals surface area contributed by atoms with Crippen LogP contribution in [0, 0.1) is 0 Å². The number of methoxy groups -OCH3 is 1. The highest BCUT2D eigenvalue weighted by molar-refractivity contribution is 7.92. The second-order valence-corrected chi connectivity index (χ2v) is 10.2. The van der Waals surface area contributed by atoms with Gasteiger partial charge >= 0.3 is 0 Å². The lowest BCUT2D eigenvalue weighted by Gasteiger charge is -2.12. The number of fused-ring (bicyclic) bond motifs is 2. The summed E-state index contributed by atoms with van der Waals surface area (Å²) in [4.78, 5) is 13.0. The standard InChI is InChI=1S/C21H14ClN5O4S2/c1-31-18-5-4-14(10-17(18)27-11-23-25-26-27)33(29,30)24-13-3-7-20-16(9-13)21(28)15-8-12(22)2-6-19(15)32-20/h2-11,24H,1H3. The van der Waals surface area contributed by atoms with E-state index in [1.54, 1.807) is 30.3 Å². The summed E-state index contributed by atoms with van der Waals surface area (Å²) in [5.41, 5.74) is 0.400. The Bertz CT molecular complexity index is 1690. The molecule has 33 heavy (non-hydrogen) atoms. The number of aromatic nitrogens is 4. The highest BCUT2D eigenvalue weighted by Gasteiger charge is 2.19. The topological polar surface area (TPSA) is 116 Å². The van der Waals surface area contributed by atoms with Crippen LogP contribution in [0.2, 0.25) is 5.02 Å². The number of ether oxygens (including phenoxy) is 1. The molecule has 0 amide bonds. The highest BCUT2D eigenvalue weighted by atomic mass is 35.5. The molecule has 0 unspecified atom stereocenters. The Labute approximate surface area is 196 Å². The van der Waals surface area contributed by atoms with Crippen LogP contribution >= 0.6 is 22.9 Å². The molecule has 0 saturated heterocycles. The molecule has 0 saturated carbocycles. The van der Waals surface area contributed by atoms with E-state index in [1.165, 1.54) is 53.7 Å². The minimum absolute atomic E-state index is 0.0238. The van der Waals surface area contributed by atoms with Gasteiger partial charge in [0, 0.05) is 30.9 Å². The summed E-state index contributed by atoms with van der Waals surface area (Å²) in [6.45, 7) is 0. The van der Waals surface area contributed by atoms with Crippen molar-refractivity contribution in [1.29, 1.82) is 0 Å². The summed E-state index contributed by atoms with van der Waals surface area (Å²) in [6.07, 6.45) is 1.33. The van der Waals surface area contributed by atoms with Crippen molar-refractivity contribution in [3.63, 3.8) is 0 Å². The fraction of sp³-hybridized carbons (Fsp3) is 0.0476. The van der Waals surface area contributed by atoms with Gasteiger partial charge in [-0.15, -0.1) is 16.4 Å². The zero-order valence-corrected chi connectivity index (χ0v) is 19.3. The molecule has 0 aliphatic rings. The van der Waals surface area contributed by atoms with Crippen LogP contribution in [0.25, 0.3) is 25.9 Å². The maximum absolute atomic E-state index is 13.1. The molecule has 0 radical (unpaired) electrons. The Balaban J connectivity index is 1.56. The number of tetrazole rings is 1. The van der Waals surface area contributed by atoms with Crippen LogP contribution in [0.3, 0.4) is 0 Å². The van der Waals surface area contributed by atoms with Gasteiger partial charge in [-0.1, -0.05) is 11.6 Å². The second kappa shape index (κ2) is 8.10. The van der Waals surface area contributed by atoms with Crippen LogP contribution < -0.4 is 14.9 Å². The van der Waals surface area contributed by atoms with Crippen molar-refractivity contribution in [2.45, 2.75) is 4.90 Å². The van der Waals surface area contributed by atoms with Crippen molar-refractivity contribution in [2.75, 3.05) is 11.8 Å². The van der Waals surface area contributed by atoms with Gasteiger partial charge in [-0.2, -0.15) is 4.68 Å². The van der Waals surface area contributed by atoms with E-state index >= 15 is 0 Å². The van der Waals surface area contributed by atoms with Gasteiger partial charge in [0.15, 0.2) is 5.43 Å². The highest BCUT2D eigenvalue weighted by Crippen LogP contribution is 2.30. The summed E-state index contributed by atoms with van der Waals surface area (Å²) in [6, 6.07) is 14.3. The Morgan fingerprint density at radius 1 is 1.03 bits per heavy atom. The third-order valence-electron chi connectivity index (χ3n) is 4.94. The molecule has 5 rings (SSSR count). The molecule has 1 N–H and O–H groups in total. The van der Waals surface area contributed by atoms with E-state index in [1.807, 2.05) is 0 Å². The Morgan fingerprint density at radius 2 is 1.79 bits per heavy atom. The van der Waals surface area contributed by atoms with Gasteiger partial charge < -0.3 is 4.74 Å². The lowest BCUT2D eigenvalue weighted by molar-refractivity contribution is 0.411. The molecular formula is C21H14ClN5O4S2. The minimum Gasteiger partial charge on any atom is -0.494 e. The smallest absolute Gasteiger partial charge is 0.261 e. The summed E-state index contributed by atoms with van der Waals surface area (Å²) in [7, 11) is -2.53. The van der Waals surface area contributed by atoms with Gasteiger partial charge in [-0.05, 0) is 65.0 Å². The molecule has 0 aliphatic carbocycles. The van der Waals surface area contributed by atoms with Crippen molar-refractivity contribution in [2.24, 2.45) is 0 Å². The zero-order chi connectivity index (χ0) is 23.2. The first-order valence-corrected chi connectivity index (χ1v) is 12.1. The maximum atomic E-state index is 13.1. The van der Waals surface area contributed by atoms with Gasteiger partial charge in [-0.3, -0.25) is 9.52 Å². The first-order chi connectivity index (χ1) is 15.9. The average molecular weight is 500 g/mol. The number of sulfonamides is 1. The van der Waals surface area contributed by atoms with E-state index in [-0.39, 0.29) is 16.0 Å². The summed E-state index contributed by atoms with van der Waals surface area (Å²) in [5, 5.41) is 12.3. The van der Waals surface area contributed by atoms with E-state index in [2.05, 4.69) is 20.2 Å². The molecule has 0 aliphatic heterocycles. The van der Waals surface area contributed by atoms with Crippen LogP contribution in [0.5, 0.6) is 5.75 Å². The van der Waals surface area contributed by atoms with Gasteiger partial charge in [0.05, 0.1) is 12.0 Å². The van der Waals surface area contributed by atoms with Crippen molar-refractivity contribution < 1.29 is 13.2 Å². The fourth-order valence-corrected chi connectivity index (χ4v) is 5.67. The molecule has 0 fully saturated rings. The van der Waals surface area contributed by atoms with Gasteiger partial charge in [-0.25, -0.2) is 8.42 Å². The quantitative estimate of drug-likeness (QED) is 0.365. The van der Waals surface area contributed by atoms with Gasteiger partial charge in [0.1, 0.15) is 17.8 Å². The van der Waals surface area contributed by atoms with Crippen molar-refractivity contribution in [1.82, 2.24) is 20.2 Å². The molecule has 0 bridgehead atoms. The fourth-order valence-electron chi connectivity index (χ4n) is 3.39. The summed E-state index contributed by atoms with van der Waals surface area (Å²) >= 11 is 7.48. The number of nitrogens with zero attached hydrogens (tertiary/aromatic N) is 4. The Kier molecular flexibility index (Phi) is 5.23. The van der Waals surface area contributed by atoms with E-state index in [9.17, 15) is 13.2 Å². The largest absolute Gasteiger partial charge is 0.494 e. The number of benzene rings is 3. The maximum Gasteiger partial charge on any atom is 0.261 e. The lowest BCUT2D eigenvalue weighted by Crippen LogP contribution is -2.14. The zero-order valence-electron chi connectivity index (χ0n) is 16.9. The normalized spacial score (nSPS) is 11.7. The second-order valence-electron chi connectivity index (χ2n) is 6.98. The predicted molar refractivity (Wildman–Crippen MR) is 127 cm³/mol. The molecule has 2 heterocycles.